The fourth-order valence-corrected chi connectivity index (χ4v) is 5.05. The number of aromatic nitrogens is 1. The highest BCUT2D eigenvalue weighted by atomic mass is 35.5. The minimum atomic E-state index is -3.79. The van der Waals surface area contributed by atoms with Crippen LogP contribution in [0.2, 0.25) is 5.15 Å². The van der Waals surface area contributed by atoms with Gasteiger partial charge in [-0.3, -0.25) is 9.52 Å². The summed E-state index contributed by atoms with van der Waals surface area (Å²) >= 11 is 7.14. The second kappa shape index (κ2) is 7.13. The summed E-state index contributed by atoms with van der Waals surface area (Å²) in [6.07, 6.45) is 2.27. The lowest BCUT2D eigenvalue weighted by Gasteiger charge is -2.24. The van der Waals surface area contributed by atoms with Crippen LogP contribution < -0.4 is 4.72 Å². The maximum atomic E-state index is 12.5. The number of amides is 1. The molecule has 2 aromatic rings. The molecule has 0 bridgehead atoms. The van der Waals surface area contributed by atoms with Gasteiger partial charge >= 0.3 is 0 Å². The molecule has 1 amide bonds. The Kier molecular flexibility index (Phi) is 5.12. The third kappa shape index (κ3) is 4.09. The molecule has 1 atom stereocenters. The zero-order chi connectivity index (χ0) is 17.2. The Hall–Kier alpha value is -1.57. The molecule has 1 aliphatic rings. The van der Waals surface area contributed by atoms with E-state index in [1.54, 1.807) is 6.07 Å². The summed E-state index contributed by atoms with van der Waals surface area (Å²) in [4.78, 5) is 16.3. The lowest BCUT2D eigenvalue weighted by Crippen LogP contribution is -2.35. The summed E-state index contributed by atoms with van der Waals surface area (Å²) in [6, 6.07) is 10.7. The zero-order valence-electron chi connectivity index (χ0n) is 12.6. The molecule has 1 aliphatic heterocycles. The first kappa shape index (κ1) is 17.3. The number of pyridine rings is 1. The molecule has 0 unspecified atom stereocenters. The van der Waals surface area contributed by atoms with Crippen LogP contribution in [0.25, 0.3) is 0 Å². The van der Waals surface area contributed by atoms with Gasteiger partial charge in [-0.05, 0) is 34.9 Å². The molecular formula is C16H15ClN2O3S2. The molecule has 126 valence electrons. The van der Waals surface area contributed by atoms with Gasteiger partial charge in [-0.15, -0.1) is 11.8 Å². The quantitative estimate of drug-likeness (QED) is 0.823. The predicted octanol–water partition coefficient (Wildman–Crippen LogP) is 2.71. The van der Waals surface area contributed by atoms with Gasteiger partial charge in [0.15, 0.2) is 0 Å². The van der Waals surface area contributed by atoms with E-state index in [1.807, 2.05) is 24.3 Å². The van der Waals surface area contributed by atoms with Crippen molar-refractivity contribution in [2.75, 3.05) is 5.75 Å². The van der Waals surface area contributed by atoms with E-state index in [1.165, 1.54) is 24.0 Å². The molecule has 24 heavy (non-hydrogen) atoms. The number of hydrogen-bond donors (Lipinski definition) is 1. The van der Waals surface area contributed by atoms with Crippen LogP contribution in [0.4, 0.5) is 0 Å². The molecule has 0 saturated heterocycles. The largest absolute Gasteiger partial charge is 0.272 e. The third-order valence-electron chi connectivity index (χ3n) is 3.63. The van der Waals surface area contributed by atoms with Gasteiger partial charge in [-0.1, -0.05) is 41.9 Å². The Morgan fingerprint density at radius 2 is 2.08 bits per heavy atom. The fourth-order valence-electron chi connectivity index (χ4n) is 2.57. The Morgan fingerprint density at radius 1 is 1.29 bits per heavy atom. The molecule has 0 aliphatic carbocycles. The van der Waals surface area contributed by atoms with Crippen LogP contribution in [0.3, 0.4) is 0 Å². The van der Waals surface area contributed by atoms with Crippen molar-refractivity contribution in [3.63, 3.8) is 0 Å². The van der Waals surface area contributed by atoms with Gasteiger partial charge < -0.3 is 0 Å². The van der Waals surface area contributed by atoms with Crippen LogP contribution in [-0.4, -0.2) is 25.1 Å². The zero-order valence-corrected chi connectivity index (χ0v) is 15.0. The van der Waals surface area contributed by atoms with E-state index in [0.717, 1.165) is 23.3 Å². The molecule has 0 saturated carbocycles. The highest BCUT2D eigenvalue weighted by Crippen LogP contribution is 2.36. The monoisotopic (exact) mass is 382 g/mol. The van der Waals surface area contributed by atoms with Crippen molar-refractivity contribution in [2.45, 2.75) is 17.4 Å². The van der Waals surface area contributed by atoms with E-state index in [9.17, 15) is 13.2 Å². The Balaban J connectivity index is 1.73. The highest BCUT2D eigenvalue weighted by molar-refractivity contribution is 8.00. The number of nitrogens with one attached hydrogen (secondary N) is 1. The van der Waals surface area contributed by atoms with Crippen molar-refractivity contribution in [1.29, 1.82) is 0 Å². The lowest BCUT2D eigenvalue weighted by molar-refractivity contribution is -0.118. The predicted molar refractivity (Wildman–Crippen MR) is 95.4 cm³/mol. The van der Waals surface area contributed by atoms with E-state index in [-0.39, 0.29) is 10.9 Å². The number of thioether (sulfide) groups is 1. The molecule has 0 radical (unpaired) electrons. The van der Waals surface area contributed by atoms with Gasteiger partial charge in [0.05, 0.1) is 5.75 Å². The van der Waals surface area contributed by atoms with Crippen molar-refractivity contribution in [2.24, 2.45) is 0 Å². The highest BCUT2D eigenvalue weighted by Gasteiger charge is 2.29. The Labute approximate surface area is 149 Å². The summed E-state index contributed by atoms with van der Waals surface area (Å²) < 4.78 is 26.7. The molecule has 3 rings (SSSR count). The molecule has 1 aromatic carbocycles. The van der Waals surface area contributed by atoms with Gasteiger partial charge in [0.25, 0.3) is 5.91 Å². The standard InChI is InChI=1S/C16H15ClN2O3S2/c17-14-6-5-11(9-18-14)10-24(21,22)19-16(20)15-13-4-2-1-3-12(13)7-8-23-15/h1-6,9,15H,7-8,10H2,(H,19,20)/t15-/m1/s1. The number of sulfonamides is 1. The van der Waals surface area contributed by atoms with Crippen LogP contribution in [0.1, 0.15) is 21.9 Å². The molecule has 0 fully saturated rings. The molecular weight excluding hydrogens is 368 g/mol. The molecule has 8 heteroatoms. The van der Waals surface area contributed by atoms with Gasteiger partial charge in [0, 0.05) is 6.20 Å². The van der Waals surface area contributed by atoms with Crippen LogP contribution >= 0.6 is 23.4 Å². The molecule has 1 aromatic heterocycles. The van der Waals surface area contributed by atoms with Crippen LogP contribution in [0, 0.1) is 0 Å². The number of carbonyl (C=O) groups is 1. The van der Waals surface area contributed by atoms with E-state index < -0.39 is 21.2 Å². The molecule has 1 N–H and O–H groups in total. The number of hydrogen-bond acceptors (Lipinski definition) is 5. The second-order valence-electron chi connectivity index (χ2n) is 5.41. The van der Waals surface area contributed by atoms with Gasteiger partial charge in [0.2, 0.25) is 10.0 Å². The topological polar surface area (TPSA) is 76.1 Å². The van der Waals surface area contributed by atoms with Crippen LogP contribution in [-0.2, 0) is 27.0 Å². The summed E-state index contributed by atoms with van der Waals surface area (Å²) in [6.45, 7) is 0. The fraction of sp³-hybridized carbons (Fsp3) is 0.250. The van der Waals surface area contributed by atoms with Gasteiger partial charge in [-0.2, -0.15) is 0 Å². The smallest absolute Gasteiger partial charge is 0.251 e. The first-order valence-electron chi connectivity index (χ1n) is 7.29. The van der Waals surface area contributed by atoms with Crippen molar-refractivity contribution in [3.05, 3.63) is 64.4 Å². The van der Waals surface area contributed by atoms with E-state index >= 15 is 0 Å². The number of halogens is 1. The molecule has 0 spiro atoms. The lowest BCUT2D eigenvalue weighted by atomic mass is 10.0. The maximum Gasteiger partial charge on any atom is 0.251 e. The summed E-state index contributed by atoms with van der Waals surface area (Å²) in [5.41, 5.74) is 2.45. The van der Waals surface area contributed by atoms with Crippen molar-refractivity contribution < 1.29 is 13.2 Å². The average Bonchev–Trinajstić information content (AvgIpc) is 2.55. The van der Waals surface area contributed by atoms with Crippen molar-refractivity contribution in [1.82, 2.24) is 9.71 Å². The minimum absolute atomic E-state index is 0.287. The number of benzene rings is 1. The third-order valence-corrected chi connectivity index (χ3v) is 6.32. The van der Waals surface area contributed by atoms with E-state index in [0.29, 0.717) is 5.56 Å². The summed E-state index contributed by atoms with van der Waals surface area (Å²) in [7, 11) is -3.79. The summed E-state index contributed by atoms with van der Waals surface area (Å²) in [5.74, 6) is -0.0351. The molecule has 2 heterocycles. The first-order chi connectivity index (χ1) is 11.4. The van der Waals surface area contributed by atoms with Gasteiger partial charge in [0.1, 0.15) is 10.4 Å². The van der Waals surface area contributed by atoms with Crippen molar-refractivity contribution >= 4 is 39.3 Å². The molecule has 5 nitrogen and oxygen atoms in total. The SMILES string of the molecule is O=C(NS(=O)(=O)Cc1ccc(Cl)nc1)[C@@H]1SCCc2ccccc21. The number of carbonyl (C=O) groups excluding carboxylic acids is 1. The normalized spacial score (nSPS) is 17.1. The van der Waals surface area contributed by atoms with Crippen LogP contribution in [0.5, 0.6) is 0 Å². The Morgan fingerprint density at radius 3 is 2.83 bits per heavy atom. The van der Waals surface area contributed by atoms with E-state index in [4.69, 9.17) is 11.6 Å². The van der Waals surface area contributed by atoms with Crippen LogP contribution in [0.15, 0.2) is 42.6 Å². The van der Waals surface area contributed by atoms with E-state index in [2.05, 4.69) is 9.71 Å². The number of rotatable bonds is 4. The Bertz CT molecular complexity index is 854. The minimum Gasteiger partial charge on any atom is -0.272 e. The average molecular weight is 383 g/mol. The number of nitrogens with zero attached hydrogens (tertiary/aromatic N) is 1. The summed E-state index contributed by atoms with van der Waals surface area (Å²) in [5, 5.41) is -0.219. The second-order valence-corrected chi connectivity index (χ2v) is 8.74. The maximum absolute atomic E-state index is 12.5. The first-order valence-corrected chi connectivity index (χ1v) is 10.4. The number of fused-ring (bicyclic) bond motifs is 1. The van der Waals surface area contributed by atoms with Crippen molar-refractivity contribution in [3.8, 4) is 0 Å². The number of aryl methyl sites for hydroxylation is 1. The van der Waals surface area contributed by atoms with Gasteiger partial charge in [-0.25, -0.2) is 13.4 Å².